The third kappa shape index (κ3) is 5.33. The molecule has 31 heavy (non-hydrogen) atoms. The van der Waals surface area contributed by atoms with Crippen LogP contribution in [0.4, 0.5) is 5.69 Å². The average molecular weight is 426 g/mol. The van der Waals surface area contributed by atoms with Crippen LogP contribution >= 0.6 is 0 Å². The Morgan fingerprint density at radius 3 is 2.55 bits per heavy atom. The van der Waals surface area contributed by atoms with Gasteiger partial charge in [-0.3, -0.25) is 14.4 Å². The topological polar surface area (TPSA) is 94.2 Å². The molecular formula is C23H26N2O6. The van der Waals surface area contributed by atoms with Gasteiger partial charge in [0.2, 0.25) is 5.91 Å². The van der Waals surface area contributed by atoms with Crippen molar-refractivity contribution < 1.29 is 28.6 Å². The van der Waals surface area contributed by atoms with Crippen molar-refractivity contribution in [3.8, 4) is 11.5 Å². The van der Waals surface area contributed by atoms with Gasteiger partial charge in [0, 0.05) is 19.0 Å². The van der Waals surface area contributed by atoms with E-state index in [1.165, 1.54) is 14.2 Å². The van der Waals surface area contributed by atoms with Gasteiger partial charge < -0.3 is 24.4 Å². The van der Waals surface area contributed by atoms with E-state index >= 15 is 0 Å². The molecule has 0 saturated carbocycles. The number of benzene rings is 2. The van der Waals surface area contributed by atoms with Gasteiger partial charge in [0.15, 0.2) is 6.61 Å². The molecule has 2 amide bonds. The molecule has 1 aliphatic heterocycles. The summed E-state index contributed by atoms with van der Waals surface area (Å²) >= 11 is 0. The van der Waals surface area contributed by atoms with Gasteiger partial charge in [-0.15, -0.1) is 0 Å². The first kappa shape index (κ1) is 22.1. The molecule has 2 aromatic rings. The molecule has 1 aliphatic rings. The highest BCUT2D eigenvalue weighted by Crippen LogP contribution is 2.30. The quantitative estimate of drug-likeness (QED) is 0.653. The molecule has 8 heteroatoms. The summed E-state index contributed by atoms with van der Waals surface area (Å²) in [5, 5.41) is 2.64. The number of anilines is 1. The van der Waals surface area contributed by atoms with Gasteiger partial charge in [-0.25, -0.2) is 0 Å². The predicted molar refractivity (Wildman–Crippen MR) is 114 cm³/mol. The normalized spacial score (nSPS) is 16.5. The highest BCUT2D eigenvalue weighted by molar-refractivity contribution is 5.95. The fourth-order valence-corrected chi connectivity index (χ4v) is 3.52. The lowest BCUT2D eigenvalue weighted by Gasteiger charge is -2.25. The van der Waals surface area contributed by atoms with Crippen LogP contribution in [0.3, 0.4) is 0 Å². The summed E-state index contributed by atoms with van der Waals surface area (Å²) in [6.07, 6.45) is 0.0733. The van der Waals surface area contributed by atoms with Crippen molar-refractivity contribution in [2.24, 2.45) is 5.92 Å². The molecule has 1 N–H and O–H groups in total. The molecule has 0 aliphatic carbocycles. The van der Waals surface area contributed by atoms with Crippen molar-refractivity contribution >= 4 is 23.5 Å². The monoisotopic (exact) mass is 426 g/mol. The maximum absolute atomic E-state index is 12.4. The van der Waals surface area contributed by atoms with Gasteiger partial charge in [-0.1, -0.05) is 30.3 Å². The van der Waals surface area contributed by atoms with Crippen LogP contribution in [-0.2, 0) is 19.1 Å². The molecule has 8 nitrogen and oxygen atoms in total. The molecule has 1 heterocycles. The van der Waals surface area contributed by atoms with E-state index < -0.39 is 24.4 Å². The van der Waals surface area contributed by atoms with Gasteiger partial charge in [0.1, 0.15) is 11.5 Å². The largest absolute Gasteiger partial charge is 0.497 e. The second-order valence-corrected chi connectivity index (χ2v) is 7.26. The van der Waals surface area contributed by atoms with Gasteiger partial charge in [0.25, 0.3) is 5.91 Å². The van der Waals surface area contributed by atoms with Gasteiger partial charge in [-0.05, 0) is 24.6 Å². The lowest BCUT2D eigenvalue weighted by Crippen LogP contribution is -2.30. The number of hydrogen-bond acceptors (Lipinski definition) is 6. The van der Waals surface area contributed by atoms with Crippen molar-refractivity contribution in [3.63, 3.8) is 0 Å². The van der Waals surface area contributed by atoms with E-state index in [0.717, 1.165) is 5.56 Å². The Labute approximate surface area is 181 Å². The fourth-order valence-electron chi connectivity index (χ4n) is 3.52. The Morgan fingerprint density at radius 2 is 1.87 bits per heavy atom. The summed E-state index contributed by atoms with van der Waals surface area (Å²) in [6, 6.07) is 14.4. The van der Waals surface area contributed by atoms with Crippen LogP contribution in [0, 0.1) is 5.92 Å². The fraction of sp³-hybridized carbons (Fsp3) is 0.348. The maximum Gasteiger partial charge on any atom is 0.311 e. The van der Waals surface area contributed by atoms with Crippen molar-refractivity contribution in [3.05, 3.63) is 54.1 Å². The lowest BCUT2D eigenvalue weighted by molar-refractivity contribution is -0.151. The van der Waals surface area contributed by atoms with Gasteiger partial charge in [0.05, 0.1) is 31.9 Å². The standard InChI is InChI=1S/C23H26N2O6/c1-15(16-7-5-4-6-8-16)25-13-17(11-22(25)27)23(28)31-14-21(26)24-19-10-9-18(29-2)12-20(19)30-3/h4-10,12,15,17H,11,13-14H2,1-3H3,(H,24,26)/t15-,17+/m1/s1. The maximum atomic E-state index is 12.4. The molecule has 0 spiro atoms. The number of carbonyl (C=O) groups excluding carboxylic acids is 3. The minimum absolute atomic E-state index is 0.0733. The van der Waals surface area contributed by atoms with E-state index in [-0.39, 0.29) is 24.9 Å². The molecule has 1 fully saturated rings. The van der Waals surface area contributed by atoms with E-state index in [2.05, 4.69) is 5.32 Å². The zero-order valence-electron chi connectivity index (χ0n) is 17.8. The highest BCUT2D eigenvalue weighted by Gasteiger charge is 2.38. The molecule has 164 valence electrons. The number of amides is 2. The van der Waals surface area contributed by atoms with Crippen LogP contribution in [0.1, 0.15) is 24.9 Å². The Balaban J connectivity index is 1.53. The number of nitrogens with zero attached hydrogens (tertiary/aromatic N) is 1. The molecule has 2 atom stereocenters. The number of rotatable bonds is 8. The molecule has 0 bridgehead atoms. The van der Waals surface area contributed by atoms with Crippen LogP contribution in [-0.4, -0.2) is 50.1 Å². The summed E-state index contributed by atoms with van der Waals surface area (Å²) in [7, 11) is 3.01. The number of esters is 1. The second kappa shape index (κ2) is 9.97. The van der Waals surface area contributed by atoms with Crippen LogP contribution in [0.5, 0.6) is 11.5 Å². The van der Waals surface area contributed by atoms with E-state index in [9.17, 15) is 14.4 Å². The molecule has 1 saturated heterocycles. The smallest absolute Gasteiger partial charge is 0.311 e. The minimum Gasteiger partial charge on any atom is -0.497 e. The van der Waals surface area contributed by atoms with Crippen molar-refractivity contribution in [1.82, 2.24) is 4.90 Å². The van der Waals surface area contributed by atoms with E-state index in [1.807, 2.05) is 37.3 Å². The predicted octanol–water partition coefficient (Wildman–Crippen LogP) is 2.80. The highest BCUT2D eigenvalue weighted by atomic mass is 16.5. The third-order valence-electron chi connectivity index (χ3n) is 5.27. The third-order valence-corrected chi connectivity index (χ3v) is 5.27. The first-order valence-corrected chi connectivity index (χ1v) is 9.95. The van der Waals surface area contributed by atoms with Crippen LogP contribution < -0.4 is 14.8 Å². The summed E-state index contributed by atoms with van der Waals surface area (Å²) < 4.78 is 15.5. The zero-order valence-corrected chi connectivity index (χ0v) is 17.8. The number of hydrogen-bond donors (Lipinski definition) is 1. The van der Waals surface area contributed by atoms with Gasteiger partial charge in [-0.2, -0.15) is 0 Å². The summed E-state index contributed by atoms with van der Waals surface area (Å²) in [5.41, 5.74) is 1.43. The van der Waals surface area contributed by atoms with E-state index in [0.29, 0.717) is 17.2 Å². The molecule has 0 radical (unpaired) electrons. The number of likely N-dealkylation sites (tertiary alicyclic amines) is 1. The number of carbonyl (C=O) groups is 3. The summed E-state index contributed by atoms with van der Waals surface area (Å²) in [5.74, 6) is -0.760. The number of methoxy groups -OCH3 is 2. The second-order valence-electron chi connectivity index (χ2n) is 7.26. The van der Waals surface area contributed by atoms with Crippen molar-refractivity contribution in [2.75, 3.05) is 32.7 Å². The minimum atomic E-state index is -0.595. The zero-order chi connectivity index (χ0) is 22.4. The summed E-state index contributed by atoms with van der Waals surface area (Å²) in [4.78, 5) is 38.8. The molecule has 0 aromatic heterocycles. The SMILES string of the molecule is COc1ccc(NC(=O)COC(=O)[C@H]2CC(=O)N([C@H](C)c3ccccc3)C2)c(OC)c1. The van der Waals surface area contributed by atoms with E-state index in [4.69, 9.17) is 14.2 Å². The van der Waals surface area contributed by atoms with Crippen molar-refractivity contribution in [2.45, 2.75) is 19.4 Å². The number of nitrogens with one attached hydrogen (secondary N) is 1. The Hall–Kier alpha value is -3.55. The van der Waals surface area contributed by atoms with Crippen LogP contribution in [0.2, 0.25) is 0 Å². The Bertz CT molecular complexity index is 946. The number of ether oxygens (including phenoxy) is 3. The molecular weight excluding hydrogens is 400 g/mol. The average Bonchev–Trinajstić information content (AvgIpc) is 3.19. The molecule has 0 unspecified atom stereocenters. The van der Waals surface area contributed by atoms with Crippen LogP contribution in [0.25, 0.3) is 0 Å². The molecule has 3 rings (SSSR count). The first-order valence-electron chi connectivity index (χ1n) is 9.95. The summed E-state index contributed by atoms with van der Waals surface area (Å²) in [6.45, 7) is 1.74. The van der Waals surface area contributed by atoms with E-state index in [1.54, 1.807) is 23.1 Å². The Morgan fingerprint density at radius 1 is 1.13 bits per heavy atom. The molecule has 2 aromatic carbocycles. The van der Waals surface area contributed by atoms with Gasteiger partial charge >= 0.3 is 5.97 Å². The van der Waals surface area contributed by atoms with Crippen LogP contribution in [0.15, 0.2) is 48.5 Å². The Kier molecular flexibility index (Phi) is 7.12. The van der Waals surface area contributed by atoms with Crippen molar-refractivity contribution in [1.29, 1.82) is 0 Å². The lowest BCUT2D eigenvalue weighted by atomic mass is 10.1. The first-order chi connectivity index (χ1) is 14.9.